The van der Waals surface area contributed by atoms with Crippen LogP contribution in [0.2, 0.25) is 5.02 Å². The molecule has 1 N–H and O–H groups in total. The van der Waals surface area contributed by atoms with E-state index in [0.717, 1.165) is 11.3 Å². The van der Waals surface area contributed by atoms with Gasteiger partial charge in [0.15, 0.2) is 0 Å². The molecule has 0 aliphatic heterocycles. The second-order valence-electron chi connectivity index (χ2n) is 6.88. The quantitative estimate of drug-likeness (QED) is 0.523. The number of likely N-dealkylation sites (N-methyl/N-ethyl adjacent to an activating group) is 1. The lowest BCUT2D eigenvalue weighted by molar-refractivity contribution is -0.139. The van der Waals surface area contributed by atoms with Crippen molar-refractivity contribution in [3.8, 4) is 5.75 Å². The zero-order valence-electron chi connectivity index (χ0n) is 18.0. The Morgan fingerprint density at radius 1 is 1.19 bits per heavy atom. The number of carbonyl (C=O) groups is 2. The zero-order chi connectivity index (χ0) is 22.8. The molecular weight excluding hydrogens is 439 g/mol. The number of hydrogen-bond acceptors (Lipinski definition) is 4. The van der Waals surface area contributed by atoms with E-state index >= 15 is 0 Å². The summed E-state index contributed by atoms with van der Waals surface area (Å²) in [7, 11) is 1.59. The van der Waals surface area contributed by atoms with Crippen molar-refractivity contribution < 1.29 is 18.7 Å². The number of thioether (sulfide) groups is 1. The molecule has 0 radical (unpaired) electrons. The Kier molecular flexibility index (Phi) is 10.1. The van der Waals surface area contributed by atoms with Gasteiger partial charge in [0.2, 0.25) is 11.8 Å². The van der Waals surface area contributed by atoms with Crippen LogP contribution in [0.5, 0.6) is 5.75 Å². The normalized spacial score (nSPS) is 11.6. The van der Waals surface area contributed by atoms with Crippen LogP contribution in [0.4, 0.5) is 4.39 Å². The summed E-state index contributed by atoms with van der Waals surface area (Å²) in [5, 5.41) is 3.14. The first-order chi connectivity index (χ1) is 14.9. The maximum absolute atomic E-state index is 14.0. The molecule has 0 aromatic heterocycles. The minimum atomic E-state index is -0.591. The van der Waals surface area contributed by atoms with E-state index in [1.165, 1.54) is 17.8 Å². The van der Waals surface area contributed by atoms with Crippen molar-refractivity contribution in [3.05, 3.63) is 64.4 Å². The second kappa shape index (κ2) is 12.6. The van der Waals surface area contributed by atoms with Gasteiger partial charge in [-0.1, -0.05) is 36.7 Å². The van der Waals surface area contributed by atoms with E-state index in [-0.39, 0.29) is 23.3 Å². The number of methoxy groups -OCH3 is 1. The van der Waals surface area contributed by atoms with Crippen LogP contribution >= 0.6 is 23.4 Å². The standard InChI is InChI=1S/C23H28ClFN2O3S/c1-4-21(23(29)26-5-2)27(13-16-9-11-17(30-3)12-10-16)22(28)15-31-14-18-19(24)7-6-8-20(18)25/h6-12,21H,4-5,13-15H2,1-3H3,(H,26,29)/t21-/m1/s1. The fraction of sp³-hybridized carbons (Fsp3) is 0.391. The third-order valence-electron chi connectivity index (χ3n) is 4.78. The maximum atomic E-state index is 14.0. The Morgan fingerprint density at radius 3 is 2.48 bits per heavy atom. The highest BCUT2D eigenvalue weighted by atomic mass is 35.5. The summed E-state index contributed by atoms with van der Waals surface area (Å²) in [5.41, 5.74) is 1.26. The number of ether oxygens (including phenoxy) is 1. The number of hydrogen-bond donors (Lipinski definition) is 1. The van der Waals surface area contributed by atoms with Crippen molar-refractivity contribution in [2.75, 3.05) is 19.4 Å². The molecule has 1 atom stereocenters. The molecule has 0 aliphatic carbocycles. The summed E-state index contributed by atoms with van der Waals surface area (Å²) in [6.07, 6.45) is 0.484. The zero-order valence-corrected chi connectivity index (χ0v) is 19.6. The number of carbonyl (C=O) groups excluding carboxylic acids is 2. The highest BCUT2D eigenvalue weighted by molar-refractivity contribution is 7.99. The Labute approximate surface area is 192 Å². The van der Waals surface area contributed by atoms with Gasteiger partial charge in [0.1, 0.15) is 17.6 Å². The third-order valence-corrected chi connectivity index (χ3v) is 6.08. The van der Waals surface area contributed by atoms with Crippen LogP contribution in [0.3, 0.4) is 0 Å². The smallest absolute Gasteiger partial charge is 0.242 e. The molecule has 168 valence electrons. The van der Waals surface area contributed by atoms with Gasteiger partial charge in [0, 0.05) is 29.4 Å². The molecule has 0 spiro atoms. The van der Waals surface area contributed by atoms with Crippen molar-refractivity contribution in [1.82, 2.24) is 10.2 Å². The van der Waals surface area contributed by atoms with Crippen LogP contribution < -0.4 is 10.1 Å². The molecule has 0 aliphatic rings. The first-order valence-corrected chi connectivity index (χ1v) is 11.6. The van der Waals surface area contributed by atoms with Gasteiger partial charge in [-0.3, -0.25) is 9.59 Å². The van der Waals surface area contributed by atoms with E-state index in [9.17, 15) is 14.0 Å². The summed E-state index contributed by atoms with van der Waals surface area (Å²) in [4.78, 5) is 27.3. The van der Waals surface area contributed by atoms with Gasteiger partial charge in [-0.05, 0) is 43.2 Å². The topological polar surface area (TPSA) is 58.6 Å². The first-order valence-electron chi connectivity index (χ1n) is 10.1. The number of rotatable bonds is 11. The predicted molar refractivity (Wildman–Crippen MR) is 124 cm³/mol. The minimum Gasteiger partial charge on any atom is -0.497 e. The highest BCUT2D eigenvalue weighted by Crippen LogP contribution is 2.25. The van der Waals surface area contributed by atoms with Crippen molar-refractivity contribution in [2.45, 2.75) is 38.6 Å². The van der Waals surface area contributed by atoms with Gasteiger partial charge in [-0.25, -0.2) is 4.39 Å². The van der Waals surface area contributed by atoms with E-state index in [0.29, 0.717) is 30.1 Å². The molecule has 31 heavy (non-hydrogen) atoms. The molecular formula is C23H28ClFN2O3S. The van der Waals surface area contributed by atoms with Crippen molar-refractivity contribution in [3.63, 3.8) is 0 Å². The largest absolute Gasteiger partial charge is 0.497 e. The van der Waals surface area contributed by atoms with Crippen LogP contribution in [-0.2, 0) is 21.9 Å². The lowest BCUT2D eigenvalue weighted by atomic mass is 10.1. The van der Waals surface area contributed by atoms with Crippen molar-refractivity contribution in [1.29, 1.82) is 0 Å². The Morgan fingerprint density at radius 2 is 1.90 bits per heavy atom. The van der Waals surface area contributed by atoms with Gasteiger partial charge < -0.3 is 15.0 Å². The molecule has 0 bridgehead atoms. The number of amides is 2. The van der Waals surface area contributed by atoms with Crippen LogP contribution in [0, 0.1) is 5.82 Å². The van der Waals surface area contributed by atoms with Crippen LogP contribution in [0.25, 0.3) is 0 Å². The predicted octanol–water partition coefficient (Wildman–Crippen LogP) is 4.66. The minimum absolute atomic E-state index is 0.108. The number of halogens is 2. The molecule has 2 aromatic carbocycles. The van der Waals surface area contributed by atoms with Gasteiger partial charge in [0.25, 0.3) is 0 Å². The summed E-state index contributed by atoms with van der Waals surface area (Å²) in [5.74, 6) is 0.328. The second-order valence-corrected chi connectivity index (χ2v) is 8.27. The van der Waals surface area contributed by atoms with Gasteiger partial charge in [-0.15, -0.1) is 11.8 Å². The molecule has 0 fully saturated rings. The summed E-state index contributed by atoms with van der Waals surface area (Å²) >= 11 is 7.35. The average molecular weight is 467 g/mol. The van der Waals surface area contributed by atoms with Crippen molar-refractivity contribution >= 4 is 35.2 Å². The number of nitrogens with one attached hydrogen (secondary N) is 1. The van der Waals surface area contributed by atoms with Gasteiger partial charge in [0.05, 0.1) is 12.9 Å². The van der Waals surface area contributed by atoms with Crippen LogP contribution in [0.1, 0.15) is 31.4 Å². The fourth-order valence-corrected chi connectivity index (χ4v) is 4.38. The monoisotopic (exact) mass is 466 g/mol. The number of benzene rings is 2. The highest BCUT2D eigenvalue weighted by Gasteiger charge is 2.28. The van der Waals surface area contributed by atoms with Gasteiger partial charge >= 0.3 is 0 Å². The van der Waals surface area contributed by atoms with Crippen molar-refractivity contribution in [2.24, 2.45) is 0 Å². The van der Waals surface area contributed by atoms with Gasteiger partial charge in [-0.2, -0.15) is 0 Å². The Hall–Kier alpha value is -2.25. The SMILES string of the molecule is CCNC(=O)[C@@H](CC)N(Cc1ccc(OC)cc1)C(=O)CSCc1c(F)cccc1Cl. The van der Waals surface area contributed by atoms with E-state index in [1.54, 1.807) is 24.1 Å². The van der Waals surface area contributed by atoms with E-state index in [2.05, 4.69) is 5.32 Å². The first kappa shape index (κ1) is 25.0. The van der Waals surface area contributed by atoms with Crippen LogP contribution in [0.15, 0.2) is 42.5 Å². The molecule has 5 nitrogen and oxygen atoms in total. The molecule has 0 heterocycles. The Bertz CT molecular complexity index is 859. The molecule has 0 unspecified atom stereocenters. The number of nitrogens with zero attached hydrogens (tertiary/aromatic N) is 1. The fourth-order valence-electron chi connectivity index (χ4n) is 3.13. The molecule has 0 saturated heterocycles. The summed E-state index contributed by atoms with van der Waals surface area (Å²) < 4.78 is 19.2. The lowest BCUT2D eigenvalue weighted by Crippen LogP contribution is -2.49. The maximum Gasteiger partial charge on any atom is 0.242 e. The molecule has 2 amide bonds. The Balaban J connectivity index is 2.15. The van der Waals surface area contributed by atoms with Crippen LogP contribution in [-0.4, -0.2) is 42.2 Å². The molecule has 2 rings (SSSR count). The molecule has 8 heteroatoms. The summed E-state index contributed by atoms with van der Waals surface area (Å²) in [6, 6.07) is 11.3. The third kappa shape index (κ3) is 7.14. The summed E-state index contributed by atoms with van der Waals surface area (Å²) in [6.45, 7) is 4.49. The molecule has 0 saturated carbocycles. The lowest BCUT2D eigenvalue weighted by Gasteiger charge is -2.30. The van der Waals surface area contributed by atoms with E-state index in [1.807, 2.05) is 38.1 Å². The molecule has 2 aromatic rings. The van der Waals surface area contributed by atoms with E-state index in [4.69, 9.17) is 16.3 Å². The average Bonchev–Trinajstić information content (AvgIpc) is 2.76. The van der Waals surface area contributed by atoms with E-state index < -0.39 is 11.9 Å².